The molecule has 8 bridgehead atoms. The molecule has 0 N–H and O–H groups in total. The zero-order valence-corrected chi connectivity index (χ0v) is 37.4. The number of nitrogens with zero attached hydrogens (tertiary/aromatic N) is 4. The first kappa shape index (κ1) is 51.9. The first-order valence-electron chi connectivity index (χ1n) is 20.8. The van der Waals surface area contributed by atoms with Crippen LogP contribution in [-0.2, 0) is 55.1 Å². The average molecular weight is 947 g/mol. The summed E-state index contributed by atoms with van der Waals surface area (Å²) in [6.07, 6.45) is -6.54. The number of carbonyl (C=O) groups is 8. The summed E-state index contributed by atoms with van der Waals surface area (Å²) in [5.74, 6) is -14.9. The number of carboxylic acid groups (broad SMARTS) is 8. The Balaban J connectivity index is 0.00000925. The normalized spacial score (nSPS) is 32.1. The molecule has 5 aliphatic heterocycles. The van der Waals surface area contributed by atoms with E-state index in [0.29, 0.717) is 0 Å². The summed E-state index contributed by atoms with van der Waals surface area (Å²) in [5.41, 5.74) is -7.95. The van der Waals surface area contributed by atoms with E-state index in [-0.39, 0.29) is 101 Å². The van der Waals surface area contributed by atoms with Crippen molar-refractivity contribution in [2.45, 2.75) is 142 Å². The van der Waals surface area contributed by atoms with Crippen molar-refractivity contribution in [2.75, 3.05) is 0 Å². The van der Waals surface area contributed by atoms with Gasteiger partial charge in [0.15, 0.2) is 0 Å². The van der Waals surface area contributed by atoms with Crippen molar-refractivity contribution in [3.63, 3.8) is 0 Å². The zero-order chi connectivity index (χ0) is 47.9. The molecular formula is C44H47CoN4O16-9. The zero-order valence-electron chi connectivity index (χ0n) is 36.4. The van der Waals surface area contributed by atoms with Crippen molar-refractivity contribution in [1.29, 1.82) is 0 Å². The van der Waals surface area contributed by atoms with Crippen LogP contribution in [0.2, 0.25) is 0 Å². The van der Waals surface area contributed by atoms with Crippen LogP contribution >= 0.6 is 0 Å². The van der Waals surface area contributed by atoms with Crippen molar-refractivity contribution >= 4 is 64.9 Å². The Kier molecular flexibility index (Phi) is 15.2. The Hall–Kier alpha value is -5.70. The molecule has 5 rings (SSSR count). The quantitative estimate of drug-likeness (QED) is 0.110. The van der Waals surface area contributed by atoms with Crippen LogP contribution in [0.15, 0.2) is 49.2 Å². The molecule has 357 valence electrons. The Morgan fingerprint density at radius 1 is 0.708 bits per heavy atom. The first-order valence-corrected chi connectivity index (χ1v) is 20.8. The van der Waals surface area contributed by atoms with Gasteiger partial charge in [-0.25, -0.2) is 0 Å². The summed E-state index contributed by atoms with van der Waals surface area (Å²) >= 11 is 0. The number of fused-ring (bicyclic) bond motifs is 6. The van der Waals surface area contributed by atoms with E-state index in [1.165, 1.54) is 33.8 Å². The molecule has 0 amide bonds. The average Bonchev–Trinajstić information content (AvgIpc) is 3.72. The van der Waals surface area contributed by atoms with Crippen LogP contribution in [0, 0.1) is 28.1 Å². The summed E-state index contributed by atoms with van der Waals surface area (Å²) in [7, 11) is 0. The minimum Gasteiger partial charge on any atom is -0.680 e. The molecule has 21 heteroatoms. The van der Waals surface area contributed by atoms with Crippen molar-refractivity contribution in [2.24, 2.45) is 43.1 Å². The predicted molar refractivity (Wildman–Crippen MR) is 204 cm³/mol. The molecule has 0 aromatic heterocycles. The fraction of sp³-hybridized carbons (Fsp3) is 0.614. The molecule has 0 unspecified atom stereocenters. The van der Waals surface area contributed by atoms with E-state index < -0.39 is 144 Å². The number of aliphatic carboxylic acids is 8. The summed E-state index contributed by atoms with van der Waals surface area (Å²) < 4.78 is 0. The van der Waals surface area contributed by atoms with Gasteiger partial charge in [0.05, 0.1) is 5.54 Å². The molecule has 0 aromatic rings. The second-order valence-electron chi connectivity index (χ2n) is 18.5. The van der Waals surface area contributed by atoms with Crippen LogP contribution in [0.4, 0.5) is 0 Å². The number of allylic oxidation sites excluding steroid dienone is 4. The number of rotatable bonds is 20. The van der Waals surface area contributed by atoms with E-state index in [9.17, 15) is 79.2 Å². The van der Waals surface area contributed by atoms with Crippen LogP contribution < -0.4 is 40.9 Å². The molecule has 1 fully saturated rings. The molecule has 5 heterocycles. The summed E-state index contributed by atoms with van der Waals surface area (Å²) in [6, 6.07) is -1.36. The van der Waals surface area contributed by atoms with E-state index in [1.807, 2.05) is 0 Å². The standard InChI is InChI=1S/C44H56N4O16.Co/c1-40(13-12-34(55)56)25(15-36(59)60)39-44(5)42(3,20-38(63)64)23(8-11-33(53)54)27(48-44)17-30-41(2,19-37(61)62)22(7-10-32(51)52)28(45-30)18-43(4)24(14-35(57)58)21(6-9-31(49)50)26(47-43)16-29(40)46-39;/h17,23,25,39H,6-16,18-20H2,1-5H3,(H9,45,48,49,50,51,52,53,54,55,56,57,58,59,60,61,62,63,64);/p-9/t23-,25+,39-,40-,41+,42+,43+,44+;/m1./s1. The Morgan fingerprint density at radius 3 is 1.83 bits per heavy atom. The van der Waals surface area contributed by atoms with Gasteiger partial charge in [0.25, 0.3) is 0 Å². The van der Waals surface area contributed by atoms with Crippen LogP contribution in [-0.4, -0.2) is 82.0 Å². The molecular weight excluding hydrogens is 899 g/mol. The van der Waals surface area contributed by atoms with Gasteiger partial charge in [-0.2, -0.15) is 5.70 Å². The number of hydrogen-bond donors (Lipinski definition) is 0. The van der Waals surface area contributed by atoms with Gasteiger partial charge in [0.1, 0.15) is 0 Å². The van der Waals surface area contributed by atoms with E-state index in [4.69, 9.17) is 20.3 Å². The molecule has 0 aliphatic carbocycles. The Morgan fingerprint density at radius 2 is 1.29 bits per heavy atom. The second kappa shape index (κ2) is 19.0. The van der Waals surface area contributed by atoms with Crippen LogP contribution in [0.25, 0.3) is 5.32 Å². The third-order valence-electron chi connectivity index (χ3n) is 14.4. The van der Waals surface area contributed by atoms with Gasteiger partial charge in [-0.05, 0) is 112 Å². The molecule has 5 aliphatic rings. The maximum Gasteiger partial charge on any atom is 0.0857 e. The van der Waals surface area contributed by atoms with E-state index in [1.54, 1.807) is 6.92 Å². The molecule has 0 aromatic carbocycles. The molecule has 0 saturated carbocycles. The van der Waals surface area contributed by atoms with Gasteiger partial charge in [-0.1, -0.05) is 32.4 Å². The van der Waals surface area contributed by atoms with Crippen molar-refractivity contribution in [1.82, 2.24) is 0 Å². The number of hydrogen-bond acceptors (Lipinski definition) is 19. The minimum absolute atomic E-state index is 0. The summed E-state index contributed by atoms with van der Waals surface area (Å²) in [6.45, 7) is 7.45. The first-order chi connectivity index (χ1) is 29.6. The SMILES string of the molecule is C[C@@]1(CC(=O)[O-])C2=NC(=C1CCC(=O)[O-])C[C@]1(C)N=C(CC3=N[C@H]([C@H](CC(=O)[O-])[C@@]3(C)CCC(=O)[O-])[C@]3(C)[N-]/C(=C\2)[C@@H](CCC(=O)[O-])[C@]3(C)CC(=O)[O-])C(CCC(=O)[O-])=C1CC(=O)[O-].[Co]. The molecule has 1 radical (unpaired) electrons. The second-order valence-corrected chi connectivity index (χ2v) is 18.5. The van der Waals surface area contributed by atoms with Gasteiger partial charge >= 0.3 is 0 Å². The molecule has 20 nitrogen and oxygen atoms in total. The van der Waals surface area contributed by atoms with Crippen molar-refractivity contribution < 1.29 is 96.0 Å². The van der Waals surface area contributed by atoms with Gasteiger partial charge in [-0.3, -0.25) is 15.0 Å². The van der Waals surface area contributed by atoms with Crippen LogP contribution in [0.5, 0.6) is 0 Å². The van der Waals surface area contributed by atoms with Crippen LogP contribution in [0.1, 0.15) is 125 Å². The molecule has 8 atom stereocenters. The fourth-order valence-corrected chi connectivity index (χ4v) is 11.1. The van der Waals surface area contributed by atoms with Gasteiger partial charge in [0.2, 0.25) is 0 Å². The largest absolute Gasteiger partial charge is 0.680 e. The topological polar surface area (TPSA) is 372 Å². The fourth-order valence-electron chi connectivity index (χ4n) is 11.1. The maximum absolute atomic E-state index is 12.8. The molecule has 1 saturated heterocycles. The minimum atomic E-state index is -1.84. The van der Waals surface area contributed by atoms with Gasteiger partial charge < -0.3 is 84.5 Å². The number of carbonyl (C=O) groups excluding carboxylic acids is 8. The third kappa shape index (κ3) is 10.1. The van der Waals surface area contributed by atoms with E-state index in [0.717, 1.165) is 0 Å². The van der Waals surface area contributed by atoms with Crippen molar-refractivity contribution in [3.05, 3.63) is 39.5 Å². The molecule has 0 spiro atoms. The van der Waals surface area contributed by atoms with Gasteiger partial charge in [0, 0.05) is 130 Å². The maximum atomic E-state index is 12.8. The summed E-state index contributed by atoms with van der Waals surface area (Å²) in [5, 5.41) is 104. The summed E-state index contributed by atoms with van der Waals surface area (Å²) in [4.78, 5) is 114. The van der Waals surface area contributed by atoms with E-state index >= 15 is 0 Å². The monoisotopic (exact) mass is 946 g/mol. The Bertz CT molecular complexity index is 2280. The molecule has 65 heavy (non-hydrogen) atoms. The number of carboxylic acids is 8. The smallest absolute Gasteiger partial charge is 0.0857 e. The van der Waals surface area contributed by atoms with E-state index in [2.05, 4.69) is 0 Å². The third-order valence-corrected chi connectivity index (χ3v) is 14.4. The predicted octanol–water partition coefficient (Wildman–Crippen LogP) is -5.22. The number of aliphatic imine (C=N–C) groups is 3. The van der Waals surface area contributed by atoms with Crippen molar-refractivity contribution in [3.8, 4) is 0 Å². The van der Waals surface area contributed by atoms with Gasteiger partial charge in [-0.15, -0.1) is 0 Å². The van der Waals surface area contributed by atoms with Crippen LogP contribution in [0.3, 0.4) is 0 Å². The Labute approximate surface area is 384 Å².